The molecule has 0 radical (unpaired) electrons. The monoisotopic (exact) mass is 544 g/mol. The second-order valence-electron chi connectivity index (χ2n) is 7.16. The number of aryl methyl sites for hydroxylation is 2. The molecule has 3 rings (SSSR count). The summed E-state index contributed by atoms with van der Waals surface area (Å²) in [5, 5.41) is 11.3. The number of ether oxygens (including phenoxy) is 3. The summed E-state index contributed by atoms with van der Waals surface area (Å²) < 4.78 is 18.4. The first-order valence-electron chi connectivity index (χ1n) is 10.3. The number of hydrogen-bond acceptors (Lipinski definition) is 6. The van der Waals surface area contributed by atoms with E-state index in [4.69, 9.17) is 19.2 Å². The van der Waals surface area contributed by atoms with Crippen molar-refractivity contribution in [3.8, 4) is 17.2 Å². The molecule has 0 amide bonds. The van der Waals surface area contributed by atoms with E-state index >= 15 is 0 Å². The van der Waals surface area contributed by atoms with Gasteiger partial charge < -0.3 is 24.8 Å². The highest BCUT2D eigenvalue weighted by molar-refractivity contribution is 14.0. The van der Waals surface area contributed by atoms with Gasteiger partial charge >= 0.3 is 0 Å². The summed E-state index contributed by atoms with van der Waals surface area (Å²) in [5.74, 6) is 4.86. The average Bonchev–Trinajstić information content (AvgIpc) is 3.12. The predicted octanol–water partition coefficient (Wildman–Crippen LogP) is 2.34. The number of nitrogens with one attached hydrogen (secondary N) is 2. The van der Waals surface area contributed by atoms with Crippen molar-refractivity contribution in [1.82, 2.24) is 25.4 Å². The fourth-order valence-corrected chi connectivity index (χ4v) is 3.67. The zero-order valence-electron chi connectivity index (χ0n) is 18.9. The largest absolute Gasteiger partial charge is 0.496 e. The van der Waals surface area contributed by atoms with Crippen LogP contribution in [0.3, 0.4) is 0 Å². The van der Waals surface area contributed by atoms with E-state index in [0.29, 0.717) is 18.7 Å². The van der Waals surface area contributed by atoms with E-state index in [0.717, 1.165) is 60.6 Å². The lowest BCUT2D eigenvalue weighted by molar-refractivity contribution is 0.369. The number of rotatable bonds is 8. The van der Waals surface area contributed by atoms with Crippen molar-refractivity contribution < 1.29 is 14.2 Å². The number of aliphatic imine (C=N–C) groups is 1. The first kappa shape index (κ1) is 25.0. The van der Waals surface area contributed by atoms with Crippen LogP contribution < -0.4 is 24.8 Å². The van der Waals surface area contributed by atoms with Crippen molar-refractivity contribution in [3.63, 3.8) is 0 Å². The molecule has 31 heavy (non-hydrogen) atoms. The highest BCUT2D eigenvalue weighted by Crippen LogP contribution is 2.34. The lowest BCUT2D eigenvalue weighted by Gasteiger charge is -2.25. The number of benzene rings is 1. The van der Waals surface area contributed by atoms with Crippen LogP contribution in [0.25, 0.3) is 0 Å². The van der Waals surface area contributed by atoms with Gasteiger partial charge in [0.15, 0.2) is 5.96 Å². The molecule has 0 fully saturated rings. The third kappa shape index (κ3) is 6.37. The molecule has 9 nitrogen and oxygen atoms in total. The summed E-state index contributed by atoms with van der Waals surface area (Å²) in [6.45, 7) is 6.17. The number of nitrogens with zero attached hydrogens (tertiary/aromatic N) is 4. The molecule has 1 unspecified atom stereocenters. The molecule has 2 N–H and O–H groups in total. The first-order valence-corrected chi connectivity index (χ1v) is 10.3. The molecular weight excluding hydrogens is 511 g/mol. The van der Waals surface area contributed by atoms with E-state index in [9.17, 15) is 0 Å². The summed E-state index contributed by atoms with van der Waals surface area (Å²) in [4.78, 5) is 9.24. The van der Waals surface area contributed by atoms with E-state index in [1.807, 2.05) is 23.7 Å². The van der Waals surface area contributed by atoms with Crippen LogP contribution in [0.2, 0.25) is 0 Å². The Bertz CT molecular complexity index is 861. The number of methoxy groups -OCH3 is 3. The molecule has 0 aliphatic carbocycles. The summed E-state index contributed by atoms with van der Waals surface area (Å²) in [6, 6.07) is 4.00. The lowest BCUT2D eigenvalue weighted by atomic mass is 10.1. The Balaban J connectivity index is 0.00000341. The molecule has 0 spiro atoms. The van der Waals surface area contributed by atoms with Crippen LogP contribution in [0.4, 0.5) is 0 Å². The molecule has 0 saturated heterocycles. The van der Waals surface area contributed by atoms with E-state index < -0.39 is 0 Å². The quantitative estimate of drug-likeness (QED) is 0.299. The van der Waals surface area contributed by atoms with Gasteiger partial charge in [-0.15, -0.1) is 24.0 Å². The number of aromatic nitrogens is 3. The predicted molar refractivity (Wildman–Crippen MR) is 131 cm³/mol. The normalized spacial score (nSPS) is 15.5. The molecule has 172 valence electrons. The standard InChI is InChI=1S/C21H32N6O3.HI/c1-6-22-21(25-15-7-8-20-24-14(2)26-27(20)13-15)23-10-9-17-18(29-4)11-16(28-3)12-19(17)30-5;/h11-12,15H,6-10,13H2,1-5H3,(H2,22,23,25);1H. The Morgan fingerprint density at radius 3 is 2.52 bits per heavy atom. The average molecular weight is 544 g/mol. The van der Waals surface area contributed by atoms with Gasteiger partial charge in [0.1, 0.15) is 28.9 Å². The highest BCUT2D eigenvalue weighted by Gasteiger charge is 2.21. The minimum atomic E-state index is 0. The molecule has 1 aromatic heterocycles. The molecule has 2 aromatic rings. The van der Waals surface area contributed by atoms with Crippen molar-refractivity contribution in [2.75, 3.05) is 34.4 Å². The van der Waals surface area contributed by atoms with Crippen molar-refractivity contribution in [3.05, 3.63) is 29.3 Å². The highest BCUT2D eigenvalue weighted by atomic mass is 127. The number of hydrogen-bond donors (Lipinski definition) is 2. The van der Waals surface area contributed by atoms with Gasteiger partial charge in [0.2, 0.25) is 0 Å². The Morgan fingerprint density at radius 1 is 1.19 bits per heavy atom. The first-order chi connectivity index (χ1) is 14.6. The Labute approximate surface area is 201 Å². The Kier molecular flexibility index (Phi) is 9.66. The molecule has 1 aromatic carbocycles. The van der Waals surface area contributed by atoms with Crippen LogP contribution in [0.1, 0.15) is 30.6 Å². The maximum Gasteiger partial charge on any atom is 0.191 e. The SMILES string of the molecule is CCNC(=NCCc1c(OC)cc(OC)cc1OC)NC1CCc2nc(C)nn2C1.I. The minimum absolute atomic E-state index is 0. The topological polar surface area (TPSA) is 94.8 Å². The fraction of sp³-hybridized carbons (Fsp3) is 0.571. The van der Waals surface area contributed by atoms with E-state index in [2.05, 4.69) is 27.6 Å². The summed E-state index contributed by atoms with van der Waals surface area (Å²) in [6.07, 6.45) is 2.60. The molecule has 1 atom stereocenters. The maximum absolute atomic E-state index is 5.54. The van der Waals surface area contributed by atoms with Gasteiger partial charge in [-0.1, -0.05) is 0 Å². The van der Waals surface area contributed by atoms with E-state index in [1.54, 1.807) is 21.3 Å². The third-order valence-electron chi connectivity index (χ3n) is 5.10. The fourth-order valence-electron chi connectivity index (χ4n) is 3.67. The van der Waals surface area contributed by atoms with Crippen LogP contribution in [-0.2, 0) is 19.4 Å². The van der Waals surface area contributed by atoms with Gasteiger partial charge in [0, 0.05) is 43.2 Å². The summed E-state index contributed by atoms with van der Waals surface area (Å²) in [7, 11) is 4.92. The summed E-state index contributed by atoms with van der Waals surface area (Å²) in [5.41, 5.74) is 0.973. The van der Waals surface area contributed by atoms with Crippen molar-refractivity contribution in [2.24, 2.45) is 4.99 Å². The van der Waals surface area contributed by atoms with E-state index in [1.165, 1.54) is 0 Å². The second kappa shape index (κ2) is 12.0. The van der Waals surface area contributed by atoms with E-state index in [-0.39, 0.29) is 30.0 Å². The van der Waals surface area contributed by atoms with Crippen molar-refractivity contribution in [1.29, 1.82) is 0 Å². The molecule has 2 heterocycles. The third-order valence-corrected chi connectivity index (χ3v) is 5.10. The van der Waals surface area contributed by atoms with Gasteiger partial charge in [-0.3, -0.25) is 4.99 Å². The Morgan fingerprint density at radius 2 is 1.90 bits per heavy atom. The van der Waals surface area contributed by atoms with Crippen LogP contribution in [0, 0.1) is 6.92 Å². The molecule has 0 bridgehead atoms. The van der Waals surface area contributed by atoms with Gasteiger partial charge in [0.05, 0.1) is 27.9 Å². The minimum Gasteiger partial charge on any atom is -0.496 e. The number of guanidine groups is 1. The smallest absolute Gasteiger partial charge is 0.191 e. The van der Waals surface area contributed by atoms with Crippen LogP contribution >= 0.6 is 24.0 Å². The molecule has 10 heteroatoms. The zero-order valence-corrected chi connectivity index (χ0v) is 21.2. The second-order valence-corrected chi connectivity index (χ2v) is 7.16. The van der Waals surface area contributed by atoms with Crippen LogP contribution in [0.15, 0.2) is 17.1 Å². The number of halogens is 1. The van der Waals surface area contributed by atoms with Gasteiger partial charge in [-0.05, 0) is 26.7 Å². The van der Waals surface area contributed by atoms with Crippen molar-refractivity contribution >= 4 is 29.9 Å². The van der Waals surface area contributed by atoms with Crippen LogP contribution in [0.5, 0.6) is 17.2 Å². The molecular formula is C21H33IN6O3. The molecule has 1 aliphatic heterocycles. The molecule has 0 saturated carbocycles. The molecule has 1 aliphatic rings. The Hall–Kier alpha value is -2.24. The van der Waals surface area contributed by atoms with Crippen LogP contribution in [-0.4, -0.2) is 61.2 Å². The van der Waals surface area contributed by atoms with Gasteiger partial charge in [0.25, 0.3) is 0 Å². The zero-order chi connectivity index (χ0) is 21.5. The van der Waals surface area contributed by atoms with Gasteiger partial charge in [-0.2, -0.15) is 5.10 Å². The van der Waals surface area contributed by atoms with Gasteiger partial charge in [-0.25, -0.2) is 9.67 Å². The summed E-state index contributed by atoms with van der Waals surface area (Å²) >= 11 is 0. The maximum atomic E-state index is 5.54. The lowest BCUT2D eigenvalue weighted by Crippen LogP contribution is -2.47. The van der Waals surface area contributed by atoms with Crippen molar-refractivity contribution in [2.45, 2.75) is 45.7 Å². The number of fused-ring (bicyclic) bond motifs is 1.